The van der Waals surface area contributed by atoms with E-state index in [0.29, 0.717) is 39.4 Å². The molecule has 1 unspecified atom stereocenters. The Morgan fingerprint density at radius 1 is 1.10 bits per heavy atom. The first kappa shape index (κ1) is 31.1. The minimum absolute atomic E-state index is 0.0155. The number of aromatic nitrogens is 2. The van der Waals surface area contributed by atoms with Crippen LogP contribution in [-0.2, 0) is 19.1 Å². The Hall–Kier alpha value is -3.85. The highest BCUT2D eigenvalue weighted by atomic mass is 16.5. The number of hydrogen-bond acceptors (Lipinski definition) is 9. The second-order valence-electron chi connectivity index (χ2n) is 10.9. The predicted octanol–water partition coefficient (Wildman–Crippen LogP) is -1.32. The summed E-state index contributed by atoms with van der Waals surface area (Å²) in [5.74, 6) is -0.985. The molecule has 42 heavy (non-hydrogen) atoms. The largest absolute Gasteiger partial charge is 0.379 e. The molecule has 15 heteroatoms. The summed E-state index contributed by atoms with van der Waals surface area (Å²) in [6.45, 7) is 4.25. The molecule has 6 N–H and O–H groups in total. The van der Waals surface area contributed by atoms with Gasteiger partial charge in [-0.1, -0.05) is 0 Å². The van der Waals surface area contributed by atoms with Gasteiger partial charge in [-0.2, -0.15) is 0 Å². The number of carbonyl (C=O) groups is 4. The number of ether oxygens (including phenoxy) is 1. The molecule has 0 radical (unpaired) electrons. The van der Waals surface area contributed by atoms with Gasteiger partial charge >= 0.3 is 0 Å². The van der Waals surface area contributed by atoms with E-state index in [4.69, 9.17) is 15.9 Å². The number of guanidine groups is 1. The number of hydrogen-bond donors (Lipinski definition) is 5. The van der Waals surface area contributed by atoms with Crippen molar-refractivity contribution in [2.75, 3.05) is 59.0 Å². The quantitative estimate of drug-likeness (QED) is 0.111. The van der Waals surface area contributed by atoms with Crippen LogP contribution in [0.25, 0.3) is 0 Å². The lowest BCUT2D eigenvalue weighted by atomic mass is 9.98. The van der Waals surface area contributed by atoms with Gasteiger partial charge in [0, 0.05) is 64.5 Å². The number of nitrogens with one attached hydrogen (secondary N) is 4. The Morgan fingerprint density at radius 3 is 2.57 bits per heavy atom. The summed E-state index contributed by atoms with van der Waals surface area (Å²) in [4.78, 5) is 63.4. The zero-order chi connectivity index (χ0) is 29.9. The number of carbonyl (C=O) groups excluding carboxylic acids is 4. The third kappa shape index (κ3) is 9.34. The molecule has 3 fully saturated rings. The van der Waals surface area contributed by atoms with Crippen molar-refractivity contribution in [2.45, 2.75) is 44.6 Å². The number of hydrazine groups is 1. The maximum atomic E-state index is 13.4. The van der Waals surface area contributed by atoms with Crippen molar-refractivity contribution in [3.8, 4) is 0 Å². The molecule has 4 rings (SSSR count). The van der Waals surface area contributed by atoms with Crippen LogP contribution in [0.2, 0.25) is 0 Å². The second-order valence-corrected chi connectivity index (χ2v) is 10.9. The summed E-state index contributed by atoms with van der Waals surface area (Å²) in [7, 11) is 0. The van der Waals surface area contributed by atoms with Crippen molar-refractivity contribution < 1.29 is 23.9 Å². The molecule has 1 aliphatic carbocycles. The van der Waals surface area contributed by atoms with Gasteiger partial charge in [-0.05, 0) is 37.5 Å². The summed E-state index contributed by atoms with van der Waals surface area (Å²) >= 11 is 0. The summed E-state index contributed by atoms with van der Waals surface area (Å²) in [6, 6.07) is -0.369. The maximum absolute atomic E-state index is 13.4. The molecule has 2 saturated heterocycles. The third-order valence-electron chi connectivity index (χ3n) is 7.75. The topological polar surface area (TPSA) is 199 Å². The molecule has 3 heterocycles. The average Bonchev–Trinajstić information content (AvgIpc) is 3.84. The van der Waals surface area contributed by atoms with E-state index in [9.17, 15) is 19.2 Å². The number of piperidine rings is 1. The molecular weight excluding hydrogens is 544 g/mol. The van der Waals surface area contributed by atoms with Crippen molar-refractivity contribution in [3.05, 3.63) is 24.3 Å². The number of nitrogens with two attached hydrogens (primary N) is 1. The van der Waals surface area contributed by atoms with E-state index in [1.807, 2.05) is 0 Å². The van der Waals surface area contributed by atoms with E-state index >= 15 is 0 Å². The van der Waals surface area contributed by atoms with Crippen LogP contribution < -0.4 is 21.8 Å². The molecule has 0 bridgehead atoms. The lowest BCUT2D eigenvalue weighted by Gasteiger charge is -2.35. The SMILES string of the molecule is N=C(N)N1CCC[C@@H](CNC(=O)CCC(=O)N(CCNC(=O)c2cnccn2)NC(=O)C(C2CC2)N2CCOCC2)C1. The molecular formula is C27H42N10O5. The van der Waals surface area contributed by atoms with Crippen LogP contribution in [0.5, 0.6) is 0 Å². The Bertz CT molecular complexity index is 1100. The van der Waals surface area contributed by atoms with Crippen LogP contribution in [0, 0.1) is 17.2 Å². The van der Waals surface area contributed by atoms with E-state index in [-0.39, 0.29) is 67.3 Å². The van der Waals surface area contributed by atoms with Gasteiger partial charge in [-0.3, -0.25) is 44.9 Å². The molecule has 1 aromatic heterocycles. The smallest absolute Gasteiger partial charge is 0.271 e. The number of likely N-dealkylation sites (tertiary alicyclic amines) is 1. The van der Waals surface area contributed by atoms with Crippen LogP contribution in [0.4, 0.5) is 0 Å². The van der Waals surface area contributed by atoms with Gasteiger partial charge in [0.2, 0.25) is 11.8 Å². The Balaban J connectivity index is 1.31. The predicted molar refractivity (Wildman–Crippen MR) is 152 cm³/mol. The van der Waals surface area contributed by atoms with Crippen molar-refractivity contribution >= 4 is 29.6 Å². The molecule has 2 aliphatic heterocycles. The molecule has 0 spiro atoms. The van der Waals surface area contributed by atoms with Gasteiger partial charge in [-0.25, -0.2) is 4.98 Å². The first-order valence-corrected chi connectivity index (χ1v) is 14.6. The molecule has 0 aromatic carbocycles. The normalized spacial score (nSPS) is 19.8. The zero-order valence-electron chi connectivity index (χ0n) is 23.9. The molecule has 1 saturated carbocycles. The fourth-order valence-corrected chi connectivity index (χ4v) is 5.33. The Morgan fingerprint density at radius 2 is 1.88 bits per heavy atom. The van der Waals surface area contributed by atoms with Crippen LogP contribution in [0.15, 0.2) is 18.6 Å². The van der Waals surface area contributed by atoms with Gasteiger partial charge in [-0.15, -0.1) is 0 Å². The van der Waals surface area contributed by atoms with E-state index < -0.39 is 11.8 Å². The summed E-state index contributed by atoms with van der Waals surface area (Å²) < 4.78 is 5.45. The van der Waals surface area contributed by atoms with E-state index in [1.165, 1.54) is 23.6 Å². The monoisotopic (exact) mass is 586 g/mol. The first-order valence-electron chi connectivity index (χ1n) is 14.6. The van der Waals surface area contributed by atoms with Gasteiger partial charge in [0.15, 0.2) is 5.96 Å². The Labute approximate surface area is 245 Å². The lowest BCUT2D eigenvalue weighted by Crippen LogP contribution is -2.58. The minimum Gasteiger partial charge on any atom is -0.379 e. The van der Waals surface area contributed by atoms with Crippen molar-refractivity contribution in [1.82, 2.24) is 40.8 Å². The van der Waals surface area contributed by atoms with Crippen LogP contribution in [0.3, 0.4) is 0 Å². The first-order chi connectivity index (χ1) is 20.3. The highest BCUT2D eigenvalue weighted by Crippen LogP contribution is 2.35. The highest BCUT2D eigenvalue weighted by molar-refractivity contribution is 5.92. The van der Waals surface area contributed by atoms with E-state index in [1.54, 1.807) is 4.90 Å². The number of morpholine rings is 1. The summed E-state index contributed by atoms with van der Waals surface area (Å²) in [6.07, 6.45) is 7.77. The fraction of sp³-hybridized carbons (Fsp3) is 0.667. The average molecular weight is 587 g/mol. The Kier molecular flexibility index (Phi) is 11.4. The molecule has 1 aromatic rings. The molecule has 4 amide bonds. The molecule has 15 nitrogen and oxygen atoms in total. The number of rotatable bonds is 12. The van der Waals surface area contributed by atoms with Gasteiger partial charge in [0.1, 0.15) is 5.69 Å². The van der Waals surface area contributed by atoms with E-state index in [0.717, 1.165) is 32.2 Å². The zero-order valence-corrected chi connectivity index (χ0v) is 23.9. The summed E-state index contributed by atoms with van der Waals surface area (Å²) in [5.41, 5.74) is 8.53. The van der Waals surface area contributed by atoms with Crippen LogP contribution in [-0.4, -0.2) is 119 Å². The molecule has 230 valence electrons. The van der Waals surface area contributed by atoms with Crippen molar-refractivity contribution in [1.29, 1.82) is 5.41 Å². The second kappa shape index (κ2) is 15.4. The number of nitrogens with zero attached hydrogens (tertiary/aromatic N) is 5. The molecule has 3 aliphatic rings. The van der Waals surface area contributed by atoms with Gasteiger partial charge < -0.3 is 26.0 Å². The van der Waals surface area contributed by atoms with E-state index in [2.05, 4.69) is 30.9 Å². The minimum atomic E-state index is -0.448. The summed E-state index contributed by atoms with van der Waals surface area (Å²) in [5, 5.41) is 14.4. The van der Waals surface area contributed by atoms with Crippen molar-refractivity contribution in [3.63, 3.8) is 0 Å². The number of amides is 4. The van der Waals surface area contributed by atoms with Crippen LogP contribution in [0.1, 0.15) is 49.0 Å². The highest BCUT2D eigenvalue weighted by Gasteiger charge is 2.41. The maximum Gasteiger partial charge on any atom is 0.271 e. The lowest BCUT2D eigenvalue weighted by molar-refractivity contribution is -0.145. The fourth-order valence-electron chi connectivity index (χ4n) is 5.33. The molecule has 2 atom stereocenters. The van der Waals surface area contributed by atoms with Crippen molar-refractivity contribution in [2.24, 2.45) is 17.6 Å². The van der Waals surface area contributed by atoms with Gasteiger partial charge in [0.25, 0.3) is 11.8 Å². The van der Waals surface area contributed by atoms with Crippen LogP contribution >= 0.6 is 0 Å². The van der Waals surface area contributed by atoms with Gasteiger partial charge in [0.05, 0.1) is 32.0 Å². The third-order valence-corrected chi connectivity index (χ3v) is 7.75. The standard InChI is InChI=1S/C27H42N10O5/c28-27(29)36-10-1-2-19(18-36)16-33-22(38)5-6-23(39)37(11-9-32-25(40)21-17-30-7-8-31-21)34-26(41)24(20-3-4-20)35-12-14-42-15-13-35/h7-8,17,19-20,24H,1-6,9-16,18H2,(H3,28,29)(H,32,40)(H,33,38)(H,34,41)/t19-,24?/m0/s1.